The number of hydrogen-bond acceptors (Lipinski definition) is 7. The second-order valence-corrected chi connectivity index (χ2v) is 9.68. The number of aromatic nitrogens is 3. The van der Waals surface area contributed by atoms with Crippen molar-refractivity contribution >= 4 is 0 Å². The Morgan fingerprint density at radius 2 is 1.89 bits per heavy atom. The molecule has 4 heterocycles. The molecule has 38 heavy (non-hydrogen) atoms. The van der Waals surface area contributed by atoms with Crippen LogP contribution in [0.1, 0.15) is 29.7 Å². The van der Waals surface area contributed by atoms with Crippen molar-refractivity contribution in [1.29, 1.82) is 5.26 Å². The summed E-state index contributed by atoms with van der Waals surface area (Å²) in [5.41, 5.74) is 4.77. The first kappa shape index (κ1) is 23.9. The molecule has 2 aliphatic heterocycles. The van der Waals surface area contributed by atoms with Gasteiger partial charge >= 0.3 is 0 Å². The highest BCUT2D eigenvalue weighted by molar-refractivity contribution is 5.75. The van der Waals surface area contributed by atoms with Crippen LogP contribution in [0, 0.1) is 17.2 Å². The largest absolute Gasteiger partial charge is 0.490 e. The summed E-state index contributed by atoms with van der Waals surface area (Å²) in [6, 6.07) is 18.8. The van der Waals surface area contributed by atoms with E-state index in [1.807, 2.05) is 30.3 Å². The van der Waals surface area contributed by atoms with Crippen molar-refractivity contribution < 1.29 is 9.47 Å². The van der Waals surface area contributed by atoms with Crippen molar-refractivity contribution in [3.63, 3.8) is 0 Å². The molecule has 4 aromatic rings. The van der Waals surface area contributed by atoms with Gasteiger partial charge in [0.25, 0.3) is 5.56 Å². The van der Waals surface area contributed by atoms with E-state index in [0.717, 1.165) is 53.9 Å². The Hall–Kier alpha value is -4.48. The number of pyridine rings is 1. The molecule has 0 bridgehead atoms. The van der Waals surface area contributed by atoms with Gasteiger partial charge in [0.15, 0.2) is 11.6 Å². The Bertz CT molecular complexity index is 1570. The number of nitriles is 1. The minimum Gasteiger partial charge on any atom is -0.490 e. The molecule has 6 rings (SSSR count). The molecule has 8 nitrogen and oxygen atoms in total. The number of rotatable bonds is 6. The zero-order valence-electron chi connectivity index (χ0n) is 20.9. The molecule has 0 spiro atoms. The average Bonchev–Trinajstić information content (AvgIpc) is 2.98. The maximum Gasteiger partial charge on any atom is 0.251 e. The van der Waals surface area contributed by atoms with Crippen LogP contribution >= 0.6 is 0 Å². The van der Waals surface area contributed by atoms with E-state index in [0.29, 0.717) is 42.0 Å². The number of nitrogens with one attached hydrogen (secondary N) is 1. The molecule has 0 saturated carbocycles. The van der Waals surface area contributed by atoms with Crippen LogP contribution in [0.3, 0.4) is 0 Å². The molecule has 2 aromatic carbocycles. The minimum atomic E-state index is -0.107. The predicted octanol–water partition coefficient (Wildman–Crippen LogP) is 4.16. The van der Waals surface area contributed by atoms with Gasteiger partial charge in [0.2, 0.25) is 0 Å². The summed E-state index contributed by atoms with van der Waals surface area (Å²) in [5, 5.41) is 12.7. The fourth-order valence-corrected chi connectivity index (χ4v) is 5.07. The van der Waals surface area contributed by atoms with Crippen LogP contribution in [0.15, 0.2) is 71.8 Å². The molecular formula is C30H27N5O3. The molecule has 2 aliphatic rings. The monoisotopic (exact) mass is 505 g/mol. The van der Waals surface area contributed by atoms with E-state index < -0.39 is 0 Å². The summed E-state index contributed by atoms with van der Waals surface area (Å²) < 4.78 is 13.6. The van der Waals surface area contributed by atoms with Crippen molar-refractivity contribution in [2.75, 3.05) is 19.7 Å². The summed E-state index contributed by atoms with van der Waals surface area (Å²) in [6.45, 7) is 3.43. The van der Waals surface area contributed by atoms with Gasteiger partial charge < -0.3 is 19.4 Å². The lowest BCUT2D eigenvalue weighted by atomic mass is 9.98. The molecule has 190 valence electrons. The summed E-state index contributed by atoms with van der Waals surface area (Å²) >= 11 is 0. The fourth-order valence-electron chi connectivity index (χ4n) is 5.07. The molecule has 8 heteroatoms. The maximum atomic E-state index is 12.9. The predicted molar refractivity (Wildman–Crippen MR) is 143 cm³/mol. The molecule has 0 aliphatic carbocycles. The molecule has 1 saturated heterocycles. The maximum absolute atomic E-state index is 12.9. The third-order valence-corrected chi connectivity index (χ3v) is 7.16. The number of nitrogens with zero attached hydrogens (tertiary/aromatic N) is 4. The Morgan fingerprint density at radius 3 is 2.71 bits per heavy atom. The lowest BCUT2D eigenvalue weighted by molar-refractivity contribution is 0.214. The highest BCUT2D eigenvalue weighted by Crippen LogP contribution is 2.37. The Balaban J connectivity index is 1.22. The van der Waals surface area contributed by atoms with Crippen molar-refractivity contribution in [3.8, 4) is 40.1 Å². The van der Waals surface area contributed by atoms with Crippen LogP contribution in [0.25, 0.3) is 22.5 Å². The van der Waals surface area contributed by atoms with Gasteiger partial charge in [-0.1, -0.05) is 18.2 Å². The van der Waals surface area contributed by atoms with Crippen LogP contribution in [-0.2, 0) is 13.2 Å². The van der Waals surface area contributed by atoms with E-state index in [-0.39, 0.29) is 12.2 Å². The van der Waals surface area contributed by atoms with Crippen molar-refractivity contribution in [3.05, 3.63) is 94.2 Å². The fraction of sp³-hybridized carbons (Fsp3) is 0.267. The van der Waals surface area contributed by atoms with Gasteiger partial charge in [-0.15, -0.1) is 0 Å². The second-order valence-electron chi connectivity index (χ2n) is 9.68. The first-order valence-electron chi connectivity index (χ1n) is 12.8. The zero-order chi connectivity index (χ0) is 25.9. The lowest BCUT2D eigenvalue weighted by Gasteiger charge is -2.24. The molecular weight excluding hydrogens is 478 g/mol. The molecule has 0 amide bonds. The van der Waals surface area contributed by atoms with Gasteiger partial charge in [0.05, 0.1) is 42.9 Å². The zero-order valence-corrected chi connectivity index (χ0v) is 20.9. The van der Waals surface area contributed by atoms with Crippen LogP contribution in [0.2, 0.25) is 0 Å². The third kappa shape index (κ3) is 4.89. The Labute approximate surface area is 220 Å². The van der Waals surface area contributed by atoms with Crippen LogP contribution in [0.5, 0.6) is 11.5 Å². The van der Waals surface area contributed by atoms with E-state index in [1.54, 1.807) is 41.2 Å². The molecule has 0 radical (unpaired) electrons. The summed E-state index contributed by atoms with van der Waals surface area (Å²) in [7, 11) is 0. The van der Waals surface area contributed by atoms with E-state index in [2.05, 4.69) is 21.4 Å². The quantitative estimate of drug-likeness (QED) is 0.420. The molecule has 0 atom stereocenters. The second kappa shape index (κ2) is 10.5. The van der Waals surface area contributed by atoms with Crippen LogP contribution in [-0.4, -0.2) is 34.2 Å². The summed E-state index contributed by atoms with van der Waals surface area (Å²) in [6.07, 6.45) is 5.69. The number of ether oxygens (including phenoxy) is 2. The van der Waals surface area contributed by atoms with E-state index in [1.165, 1.54) is 0 Å². The smallest absolute Gasteiger partial charge is 0.251 e. The number of hydrogen-bond donors (Lipinski definition) is 1. The Kier molecular flexibility index (Phi) is 6.59. The van der Waals surface area contributed by atoms with E-state index >= 15 is 0 Å². The lowest BCUT2D eigenvalue weighted by Crippen LogP contribution is -2.30. The van der Waals surface area contributed by atoms with Crippen LogP contribution < -0.4 is 20.3 Å². The summed E-state index contributed by atoms with van der Waals surface area (Å²) in [5.74, 6) is 2.55. The van der Waals surface area contributed by atoms with Gasteiger partial charge in [-0.3, -0.25) is 4.79 Å². The molecule has 0 unspecified atom stereocenters. The first-order valence-corrected chi connectivity index (χ1v) is 12.8. The highest BCUT2D eigenvalue weighted by atomic mass is 16.5. The Morgan fingerprint density at radius 1 is 1.05 bits per heavy atom. The minimum absolute atomic E-state index is 0.107. The van der Waals surface area contributed by atoms with Gasteiger partial charge in [-0.05, 0) is 67.7 Å². The number of fused-ring (bicyclic) bond motifs is 3. The van der Waals surface area contributed by atoms with Gasteiger partial charge in [0.1, 0.15) is 12.4 Å². The standard InChI is InChI=1S/C30H27N5O3/c31-14-21-4-6-28-26(13-21)25-5-7-29(36)35(27(25)19-38-28)17-22-2-1-3-23(12-22)30-33-15-24(16-34-30)37-18-20-8-10-32-11-9-20/h1-7,12-13,15-16,20,32H,8-11,17-19H2. The summed E-state index contributed by atoms with van der Waals surface area (Å²) in [4.78, 5) is 22.0. The molecule has 1 fully saturated rings. The number of piperidine rings is 1. The molecule has 2 aromatic heterocycles. The topological polar surface area (TPSA) is 102 Å². The third-order valence-electron chi connectivity index (χ3n) is 7.16. The normalized spacial score (nSPS) is 14.6. The first-order chi connectivity index (χ1) is 18.7. The van der Waals surface area contributed by atoms with Gasteiger partial charge in [-0.25, -0.2) is 9.97 Å². The van der Waals surface area contributed by atoms with E-state index in [9.17, 15) is 10.1 Å². The van der Waals surface area contributed by atoms with Crippen LogP contribution in [0.4, 0.5) is 0 Å². The van der Waals surface area contributed by atoms with Crippen molar-refractivity contribution in [1.82, 2.24) is 19.9 Å². The van der Waals surface area contributed by atoms with Crippen molar-refractivity contribution in [2.24, 2.45) is 5.92 Å². The highest BCUT2D eigenvalue weighted by Gasteiger charge is 2.21. The number of benzene rings is 2. The average molecular weight is 506 g/mol. The molecule has 1 N–H and O–H groups in total. The van der Waals surface area contributed by atoms with E-state index in [4.69, 9.17) is 9.47 Å². The van der Waals surface area contributed by atoms with Crippen molar-refractivity contribution in [2.45, 2.75) is 26.0 Å². The van der Waals surface area contributed by atoms with Gasteiger partial charge in [-0.2, -0.15) is 5.26 Å². The SMILES string of the molecule is N#Cc1ccc2c(c1)-c1ccc(=O)n(Cc3cccc(-c4ncc(OCC5CCNCC5)cn4)c3)c1CO2. The van der Waals surface area contributed by atoms with Gasteiger partial charge in [0, 0.05) is 22.8 Å².